The van der Waals surface area contributed by atoms with Crippen LogP contribution in [0, 0.1) is 5.92 Å². The number of ether oxygens (including phenoxy) is 1. The van der Waals surface area contributed by atoms with E-state index >= 15 is 0 Å². The molecule has 0 aromatic heterocycles. The van der Waals surface area contributed by atoms with Crippen molar-refractivity contribution in [3.8, 4) is 5.75 Å². The van der Waals surface area contributed by atoms with Gasteiger partial charge >= 0.3 is 12.1 Å². The van der Waals surface area contributed by atoms with Crippen LogP contribution in [0.2, 0.25) is 0 Å². The molecule has 0 spiro atoms. The number of likely N-dealkylation sites (tertiary alicyclic amines) is 2. The van der Waals surface area contributed by atoms with E-state index in [-0.39, 0.29) is 18.2 Å². The normalized spacial score (nSPS) is 18.0. The minimum absolute atomic E-state index is 0.00988. The van der Waals surface area contributed by atoms with Gasteiger partial charge in [0.1, 0.15) is 5.75 Å². The van der Waals surface area contributed by atoms with Gasteiger partial charge in [-0.05, 0) is 56.2 Å². The van der Waals surface area contributed by atoms with Crippen LogP contribution in [-0.2, 0) is 16.0 Å². The van der Waals surface area contributed by atoms with Gasteiger partial charge in [0.25, 0.3) is 0 Å². The third-order valence-electron chi connectivity index (χ3n) is 5.53. The van der Waals surface area contributed by atoms with Gasteiger partial charge in [-0.15, -0.1) is 0 Å². The molecule has 0 saturated carbocycles. The van der Waals surface area contributed by atoms with Crippen molar-refractivity contribution >= 4 is 18.0 Å². The maximum Gasteiger partial charge on any atom is 0.415 e. The van der Waals surface area contributed by atoms with E-state index in [1.165, 1.54) is 6.42 Å². The first-order chi connectivity index (χ1) is 13.5. The van der Waals surface area contributed by atoms with Gasteiger partial charge < -0.3 is 19.6 Å². The van der Waals surface area contributed by atoms with E-state index in [0.717, 1.165) is 31.5 Å². The third-order valence-corrected chi connectivity index (χ3v) is 5.53. The number of rotatable bonds is 5. The topological polar surface area (TPSA) is 87.1 Å². The fourth-order valence-electron chi connectivity index (χ4n) is 3.82. The molecule has 28 heavy (non-hydrogen) atoms. The number of carbonyl (C=O) groups is 3. The Morgan fingerprint density at radius 3 is 2.18 bits per heavy atom. The Morgan fingerprint density at radius 1 is 0.929 bits per heavy atom. The van der Waals surface area contributed by atoms with Gasteiger partial charge in [0, 0.05) is 38.5 Å². The Kier molecular flexibility index (Phi) is 6.90. The van der Waals surface area contributed by atoms with Crippen LogP contribution in [0.3, 0.4) is 0 Å². The van der Waals surface area contributed by atoms with Crippen molar-refractivity contribution in [3.05, 3.63) is 29.8 Å². The molecule has 2 aliphatic rings. The summed E-state index contributed by atoms with van der Waals surface area (Å²) in [4.78, 5) is 39.2. The predicted molar refractivity (Wildman–Crippen MR) is 103 cm³/mol. The van der Waals surface area contributed by atoms with Crippen molar-refractivity contribution < 1.29 is 24.2 Å². The summed E-state index contributed by atoms with van der Waals surface area (Å²) >= 11 is 0. The molecule has 7 nitrogen and oxygen atoms in total. The molecule has 1 aromatic rings. The molecule has 1 N–H and O–H groups in total. The van der Waals surface area contributed by atoms with E-state index in [9.17, 15) is 14.4 Å². The summed E-state index contributed by atoms with van der Waals surface area (Å²) in [6, 6.07) is 6.91. The summed E-state index contributed by atoms with van der Waals surface area (Å²) in [5.74, 6) is -0.145. The van der Waals surface area contributed by atoms with Crippen LogP contribution in [0.1, 0.15) is 44.1 Å². The number of carboxylic acid groups (broad SMARTS) is 1. The molecular weight excluding hydrogens is 360 g/mol. The number of nitrogens with zero attached hydrogens (tertiary/aromatic N) is 2. The first-order valence-electron chi connectivity index (χ1n) is 10.1. The van der Waals surface area contributed by atoms with Gasteiger partial charge in [0.2, 0.25) is 5.91 Å². The van der Waals surface area contributed by atoms with Crippen LogP contribution in [-0.4, -0.2) is 59.1 Å². The maximum absolute atomic E-state index is 12.6. The monoisotopic (exact) mass is 388 g/mol. The molecule has 0 bridgehead atoms. The van der Waals surface area contributed by atoms with Crippen LogP contribution in [0.5, 0.6) is 5.75 Å². The molecule has 2 amide bonds. The summed E-state index contributed by atoms with van der Waals surface area (Å²) in [5, 5.41) is 8.72. The largest absolute Gasteiger partial charge is 0.481 e. The molecule has 2 heterocycles. The van der Waals surface area contributed by atoms with Gasteiger partial charge in [0.05, 0.1) is 0 Å². The van der Waals surface area contributed by atoms with Crippen LogP contribution in [0.4, 0.5) is 4.79 Å². The first kappa shape index (κ1) is 20.2. The van der Waals surface area contributed by atoms with Crippen LogP contribution >= 0.6 is 0 Å². The highest BCUT2D eigenvalue weighted by atomic mass is 16.6. The molecule has 0 aliphatic carbocycles. The summed E-state index contributed by atoms with van der Waals surface area (Å²) < 4.78 is 5.42. The van der Waals surface area contributed by atoms with Gasteiger partial charge in [-0.2, -0.15) is 0 Å². The van der Waals surface area contributed by atoms with Crippen LogP contribution in [0.25, 0.3) is 0 Å². The number of amides is 2. The quantitative estimate of drug-likeness (QED) is 0.838. The van der Waals surface area contributed by atoms with E-state index in [1.807, 2.05) is 4.90 Å². The lowest BCUT2D eigenvalue weighted by Crippen LogP contribution is -2.46. The molecule has 0 atom stereocenters. The second-order valence-electron chi connectivity index (χ2n) is 7.55. The standard InChI is InChI=1S/C21H28N2O5/c24-19(25)9-6-16-4-7-18(8-5-16)28-21(27)23-14-10-17(11-15-23)20(26)22-12-2-1-3-13-22/h4-5,7-8,17H,1-3,6,9-15H2,(H,24,25). The third kappa shape index (κ3) is 5.47. The zero-order valence-corrected chi connectivity index (χ0v) is 16.1. The fourth-order valence-corrected chi connectivity index (χ4v) is 3.82. The highest BCUT2D eigenvalue weighted by molar-refractivity contribution is 5.79. The molecule has 3 rings (SSSR count). The second kappa shape index (κ2) is 9.57. The molecule has 2 fully saturated rings. The molecular formula is C21H28N2O5. The van der Waals surface area contributed by atoms with E-state index in [1.54, 1.807) is 29.2 Å². The first-order valence-corrected chi connectivity index (χ1v) is 10.1. The van der Waals surface area contributed by atoms with Crippen LogP contribution < -0.4 is 4.74 Å². The lowest BCUT2D eigenvalue weighted by molar-refractivity contribution is -0.138. The SMILES string of the molecule is O=C(O)CCc1ccc(OC(=O)N2CCC(C(=O)N3CCCCC3)CC2)cc1. The molecule has 0 radical (unpaired) electrons. The van der Waals surface area contributed by atoms with Gasteiger partial charge in [-0.1, -0.05) is 12.1 Å². The number of hydrogen-bond acceptors (Lipinski definition) is 4. The number of hydrogen-bond donors (Lipinski definition) is 1. The fraction of sp³-hybridized carbons (Fsp3) is 0.571. The maximum atomic E-state index is 12.6. The lowest BCUT2D eigenvalue weighted by atomic mass is 9.94. The highest BCUT2D eigenvalue weighted by Crippen LogP contribution is 2.23. The van der Waals surface area contributed by atoms with E-state index in [0.29, 0.717) is 38.1 Å². The Hall–Kier alpha value is -2.57. The Balaban J connectivity index is 1.44. The minimum Gasteiger partial charge on any atom is -0.481 e. The number of carbonyl (C=O) groups excluding carboxylic acids is 2. The Morgan fingerprint density at radius 2 is 1.57 bits per heavy atom. The minimum atomic E-state index is -0.835. The highest BCUT2D eigenvalue weighted by Gasteiger charge is 2.31. The zero-order valence-electron chi connectivity index (χ0n) is 16.1. The molecule has 7 heteroatoms. The molecule has 152 valence electrons. The predicted octanol–water partition coefficient (Wildman–Crippen LogP) is 2.93. The average Bonchev–Trinajstić information content (AvgIpc) is 2.73. The summed E-state index contributed by atoms with van der Waals surface area (Å²) in [6.45, 7) is 2.78. The molecule has 0 unspecified atom stereocenters. The lowest BCUT2D eigenvalue weighted by Gasteiger charge is -2.35. The van der Waals surface area contributed by atoms with Gasteiger partial charge in [-0.25, -0.2) is 4.79 Å². The van der Waals surface area contributed by atoms with Gasteiger partial charge in [-0.3, -0.25) is 9.59 Å². The number of benzene rings is 1. The smallest absolute Gasteiger partial charge is 0.415 e. The van der Waals surface area contributed by atoms with Crippen molar-refractivity contribution in [1.29, 1.82) is 0 Å². The molecule has 1 aromatic carbocycles. The Labute approximate surface area is 165 Å². The summed E-state index contributed by atoms with van der Waals surface area (Å²) in [6.07, 6.45) is 4.86. The van der Waals surface area contributed by atoms with Crippen molar-refractivity contribution in [2.24, 2.45) is 5.92 Å². The zero-order chi connectivity index (χ0) is 19.9. The van der Waals surface area contributed by atoms with E-state index in [4.69, 9.17) is 9.84 Å². The number of carboxylic acids is 1. The summed E-state index contributed by atoms with van der Waals surface area (Å²) in [7, 11) is 0. The van der Waals surface area contributed by atoms with E-state index < -0.39 is 12.1 Å². The number of aliphatic carboxylic acids is 1. The Bertz CT molecular complexity index is 689. The molecule has 2 saturated heterocycles. The number of aryl methyl sites for hydroxylation is 1. The van der Waals surface area contributed by atoms with Crippen molar-refractivity contribution in [1.82, 2.24) is 9.80 Å². The average molecular weight is 388 g/mol. The van der Waals surface area contributed by atoms with E-state index in [2.05, 4.69) is 0 Å². The van der Waals surface area contributed by atoms with Crippen molar-refractivity contribution in [2.75, 3.05) is 26.2 Å². The molecule has 2 aliphatic heterocycles. The summed E-state index contributed by atoms with van der Waals surface area (Å²) in [5.41, 5.74) is 0.888. The van der Waals surface area contributed by atoms with Crippen molar-refractivity contribution in [2.45, 2.75) is 44.9 Å². The van der Waals surface area contributed by atoms with Crippen molar-refractivity contribution in [3.63, 3.8) is 0 Å². The second-order valence-corrected chi connectivity index (χ2v) is 7.55. The van der Waals surface area contributed by atoms with Gasteiger partial charge in [0.15, 0.2) is 0 Å². The number of piperidine rings is 2. The van der Waals surface area contributed by atoms with Crippen LogP contribution in [0.15, 0.2) is 24.3 Å².